The Labute approximate surface area is 111 Å². The fourth-order valence-corrected chi connectivity index (χ4v) is 2.51. The highest BCUT2D eigenvalue weighted by Gasteiger charge is 2.00. The smallest absolute Gasteiger partial charge is 0.0994 e. The molecule has 1 N–H and O–H groups in total. The zero-order valence-electron chi connectivity index (χ0n) is 10.5. The quantitative estimate of drug-likeness (QED) is 0.914. The molecule has 0 fully saturated rings. The van der Waals surface area contributed by atoms with Gasteiger partial charge in [-0.1, -0.05) is 0 Å². The summed E-state index contributed by atoms with van der Waals surface area (Å²) in [6.45, 7) is 4.82. The van der Waals surface area contributed by atoms with Crippen LogP contribution >= 0.6 is 11.3 Å². The Balaban J connectivity index is 1.91. The minimum atomic E-state index is 0.732. The van der Waals surface area contributed by atoms with Crippen LogP contribution in [0.25, 0.3) is 0 Å². The molecule has 0 aliphatic carbocycles. The van der Waals surface area contributed by atoms with Gasteiger partial charge in [-0.25, -0.2) is 4.98 Å². The number of aryl methyl sites for hydroxylation is 2. The van der Waals surface area contributed by atoms with Gasteiger partial charge in [0.15, 0.2) is 0 Å². The molecule has 1 heterocycles. The van der Waals surface area contributed by atoms with Gasteiger partial charge < -0.3 is 5.32 Å². The highest BCUT2D eigenvalue weighted by molar-refractivity contribution is 7.09. The summed E-state index contributed by atoms with van der Waals surface area (Å²) in [6.07, 6.45) is 0.928. The molecule has 92 valence electrons. The molecule has 0 aliphatic heterocycles. The van der Waals surface area contributed by atoms with Crippen LogP contribution in [0, 0.1) is 25.2 Å². The monoisotopic (exact) mass is 257 g/mol. The number of hydrogen-bond acceptors (Lipinski definition) is 4. The van der Waals surface area contributed by atoms with Crippen LogP contribution in [0.2, 0.25) is 0 Å². The second-order valence-corrected chi connectivity index (χ2v) is 5.14. The highest BCUT2D eigenvalue weighted by Crippen LogP contribution is 2.15. The SMILES string of the molecule is Cc1csc(CCNc2ccc(C#N)c(C)c2)n1. The first-order valence-electron chi connectivity index (χ1n) is 5.84. The summed E-state index contributed by atoms with van der Waals surface area (Å²) in [4.78, 5) is 4.42. The van der Waals surface area contributed by atoms with Crippen LogP contribution in [-0.2, 0) is 6.42 Å². The summed E-state index contributed by atoms with van der Waals surface area (Å²) in [5, 5.41) is 15.4. The van der Waals surface area contributed by atoms with Crippen molar-refractivity contribution in [2.75, 3.05) is 11.9 Å². The van der Waals surface area contributed by atoms with E-state index in [0.29, 0.717) is 0 Å². The predicted octanol–water partition coefficient (Wildman–Crippen LogP) is 3.29. The fraction of sp³-hybridized carbons (Fsp3) is 0.286. The van der Waals surface area contributed by atoms with E-state index in [1.807, 2.05) is 32.0 Å². The number of hydrogen-bond donors (Lipinski definition) is 1. The first kappa shape index (κ1) is 12.6. The molecule has 4 heteroatoms. The number of rotatable bonds is 4. The van der Waals surface area contributed by atoms with Crippen LogP contribution in [0.1, 0.15) is 21.8 Å². The standard InChI is InChI=1S/C14H15N3S/c1-10-7-13(4-3-12(10)8-15)16-6-5-14-17-11(2)9-18-14/h3-4,7,9,16H,5-6H2,1-2H3. The van der Waals surface area contributed by atoms with Crippen molar-refractivity contribution in [3.63, 3.8) is 0 Å². The molecule has 0 aliphatic rings. The van der Waals surface area contributed by atoms with Crippen molar-refractivity contribution in [2.45, 2.75) is 20.3 Å². The van der Waals surface area contributed by atoms with Gasteiger partial charge in [0.1, 0.15) is 0 Å². The topological polar surface area (TPSA) is 48.7 Å². The van der Waals surface area contributed by atoms with E-state index >= 15 is 0 Å². The van der Waals surface area contributed by atoms with E-state index < -0.39 is 0 Å². The fourth-order valence-electron chi connectivity index (χ4n) is 1.73. The van der Waals surface area contributed by atoms with Gasteiger partial charge in [0.05, 0.1) is 16.6 Å². The summed E-state index contributed by atoms with van der Waals surface area (Å²) in [5.74, 6) is 0. The summed E-state index contributed by atoms with van der Waals surface area (Å²) < 4.78 is 0. The van der Waals surface area contributed by atoms with E-state index in [1.165, 1.54) is 0 Å². The largest absolute Gasteiger partial charge is 0.385 e. The summed E-state index contributed by atoms with van der Waals surface area (Å²) >= 11 is 1.70. The normalized spacial score (nSPS) is 10.1. The third kappa shape index (κ3) is 3.08. The third-order valence-corrected chi connectivity index (χ3v) is 3.71. The molecule has 0 saturated heterocycles. The van der Waals surface area contributed by atoms with Crippen molar-refractivity contribution in [3.8, 4) is 6.07 Å². The highest BCUT2D eigenvalue weighted by atomic mass is 32.1. The number of anilines is 1. The third-order valence-electron chi connectivity index (χ3n) is 2.68. The molecule has 0 bridgehead atoms. The van der Waals surface area contributed by atoms with Crippen LogP contribution < -0.4 is 5.32 Å². The number of aromatic nitrogens is 1. The Hall–Kier alpha value is -1.86. The molecule has 0 atom stereocenters. The molecule has 3 nitrogen and oxygen atoms in total. The molecular weight excluding hydrogens is 242 g/mol. The van der Waals surface area contributed by atoms with Crippen LogP contribution in [0.4, 0.5) is 5.69 Å². The maximum Gasteiger partial charge on any atom is 0.0994 e. The molecule has 0 unspecified atom stereocenters. The molecule has 0 saturated carbocycles. The number of thiazole rings is 1. The van der Waals surface area contributed by atoms with Crippen LogP contribution in [0.3, 0.4) is 0 Å². The maximum atomic E-state index is 8.86. The number of nitrogens with zero attached hydrogens (tertiary/aromatic N) is 2. The number of nitrogens with one attached hydrogen (secondary N) is 1. The Morgan fingerprint density at radius 1 is 1.39 bits per heavy atom. The Morgan fingerprint density at radius 3 is 2.83 bits per heavy atom. The lowest BCUT2D eigenvalue weighted by molar-refractivity contribution is 0.986. The molecule has 18 heavy (non-hydrogen) atoms. The Morgan fingerprint density at radius 2 is 2.22 bits per heavy atom. The molecule has 2 rings (SSSR count). The molecule has 0 radical (unpaired) electrons. The van der Waals surface area contributed by atoms with Crippen molar-refractivity contribution in [1.82, 2.24) is 4.98 Å². The van der Waals surface area contributed by atoms with E-state index in [1.54, 1.807) is 11.3 Å². The molecule has 0 spiro atoms. The van der Waals surface area contributed by atoms with Gasteiger partial charge in [-0.2, -0.15) is 5.26 Å². The number of nitriles is 1. The zero-order valence-corrected chi connectivity index (χ0v) is 11.3. The molecule has 1 aromatic carbocycles. The second kappa shape index (κ2) is 5.65. The van der Waals surface area contributed by atoms with Gasteiger partial charge in [-0.15, -0.1) is 11.3 Å². The van der Waals surface area contributed by atoms with Crippen molar-refractivity contribution in [3.05, 3.63) is 45.4 Å². The Bertz CT molecular complexity index is 581. The average molecular weight is 257 g/mol. The Kier molecular flexibility index (Phi) is 3.96. The van der Waals surface area contributed by atoms with E-state index in [2.05, 4.69) is 21.8 Å². The van der Waals surface area contributed by atoms with Crippen molar-refractivity contribution in [1.29, 1.82) is 5.26 Å². The summed E-state index contributed by atoms with van der Waals surface area (Å²) in [7, 11) is 0. The van der Waals surface area contributed by atoms with Gasteiger partial charge in [0.2, 0.25) is 0 Å². The molecule has 0 amide bonds. The van der Waals surface area contributed by atoms with E-state index in [0.717, 1.165) is 40.5 Å². The van der Waals surface area contributed by atoms with Gasteiger partial charge >= 0.3 is 0 Å². The lowest BCUT2D eigenvalue weighted by atomic mass is 10.1. The summed E-state index contributed by atoms with van der Waals surface area (Å²) in [5.41, 5.74) is 3.88. The van der Waals surface area contributed by atoms with Crippen molar-refractivity contribution >= 4 is 17.0 Å². The van der Waals surface area contributed by atoms with Crippen LogP contribution in [-0.4, -0.2) is 11.5 Å². The molecule has 2 aromatic rings. The maximum absolute atomic E-state index is 8.86. The lowest BCUT2D eigenvalue weighted by Gasteiger charge is -2.06. The second-order valence-electron chi connectivity index (χ2n) is 4.20. The average Bonchev–Trinajstić information content (AvgIpc) is 2.75. The minimum absolute atomic E-state index is 0.732. The summed E-state index contributed by atoms with van der Waals surface area (Å²) in [6, 6.07) is 7.97. The minimum Gasteiger partial charge on any atom is -0.385 e. The van der Waals surface area contributed by atoms with E-state index in [-0.39, 0.29) is 0 Å². The van der Waals surface area contributed by atoms with Crippen LogP contribution in [0.5, 0.6) is 0 Å². The van der Waals surface area contributed by atoms with Crippen molar-refractivity contribution in [2.24, 2.45) is 0 Å². The van der Waals surface area contributed by atoms with Crippen molar-refractivity contribution < 1.29 is 0 Å². The predicted molar refractivity (Wildman–Crippen MR) is 74.9 cm³/mol. The first-order valence-corrected chi connectivity index (χ1v) is 6.72. The van der Waals surface area contributed by atoms with Gasteiger partial charge in [0.25, 0.3) is 0 Å². The van der Waals surface area contributed by atoms with Gasteiger partial charge in [-0.05, 0) is 37.6 Å². The van der Waals surface area contributed by atoms with E-state index in [9.17, 15) is 0 Å². The molecule has 1 aromatic heterocycles. The van der Waals surface area contributed by atoms with Crippen LogP contribution in [0.15, 0.2) is 23.6 Å². The molecular formula is C14H15N3S. The lowest BCUT2D eigenvalue weighted by Crippen LogP contribution is -2.05. The zero-order chi connectivity index (χ0) is 13.0. The van der Waals surface area contributed by atoms with Gasteiger partial charge in [-0.3, -0.25) is 0 Å². The van der Waals surface area contributed by atoms with Gasteiger partial charge in [0, 0.05) is 29.7 Å². The first-order chi connectivity index (χ1) is 8.69. The number of benzene rings is 1. The van der Waals surface area contributed by atoms with E-state index in [4.69, 9.17) is 5.26 Å².